The van der Waals surface area contributed by atoms with Crippen LogP contribution in [0.5, 0.6) is 0 Å². The van der Waals surface area contributed by atoms with Crippen LogP contribution in [0.2, 0.25) is 0 Å². The molecule has 42 valence electrons. The quantitative estimate of drug-likeness (QED) is 0.468. The van der Waals surface area contributed by atoms with Crippen molar-refractivity contribution in [2.75, 3.05) is 6.61 Å². The lowest BCUT2D eigenvalue weighted by atomic mass is 10.4. The summed E-state index contributed by atoms with van der Waals surface area (Å²) >= 11 is 0. The highest BCUT2D eigenvalue weighted by molar-refractivity contribution is 4.35. The number of rotatable bonds is 2. The lowest BCUT2D eigenvalue weighted by Crippen LogP contribution is -2.20. The molecule has 4 nitrogen and oxygen atoms in total. The van der Waals surface area contributed by atoms with E-state index in [1.165, 1.54) is 6.92 Å². The van der Waals surface area contributed by atoms with E-state index in [-0.39, 0.29) is 11.5 Å². The Kier molecular flexibility index (Phi) is 2.29. The molecule has 0 amide bonds. The molecule has 0 heterocycles. The average Bonchev–Trinajstić information content (AvgIpc) is 1.65. The summed E-state index contributed by atoms with van der Waals surface area (Å²) in [6, 6.07) is -0.708. The third-order valence-electron chi connectivity index (χ3n) is 0.641. The Balaban J connectivity index is 3.34. The summed E-state index contributed by atoms with van der Waals surface area (Å²) < 4.78 is 0. The third kappa shape index (κ3) is 2.11. The van der Waals surface area contributed by atoms with Crippen LogP contribution in [0.4, 0.5) is 0 Å². The number of aliphatic hydroxyl groups is 1. The van der Waals surface area contributed by atoms with Crippen molar-refractivity contribution in [2.45, 2.75) is 13.0 Å². The number of hydrogen-bond acceptors (Lipinski definition) is 2. The number of nitrogens with zero attached hydrogens (tertiary/aromatic N) is 1. The lowest BCUT2D eigenvalue weighted by Gasteiger charge is -1.86. The summed E-state index contributed by atoms with van der Waals surface area (Å²) in [6.45, 7) is 1.09. The normalized spacial score (nSPS) is 13.4. The van der Waals surface area contributed by atoms with Crippen LogP contribution in [0.15, 0.2) is 0 Å². The lowest BCUT2D eigenvalue weighted by molar-refractivity contribution is -0.813. The maximum Gasteiger partial charge on any atom is 0.277 e. The van der Waals surface area contributed by atoms with E-state index >= 15 is 0 Å². The molecular formula is C3H8NO3+. The molecule has 0 aliphatic heterocycles. The standard InChI is InChI=1S/C3H8NO3/c1-3(2-5)4(6)7/h3,5H,2H2,1H3,(H,6,7)/q+1. The summed E-state index contributed by atoms with van der Waals surface area (Å²) in [4.78, 5) is 9.41. The van der Waals surface area contributed by atoms with E-state index in [1.54, 1.807) is 0 Å². The maximum atomic E-state index is 9.69. The summed E-state index contributed by atoms with van der Waals surface area (Å²) in [5.74, 6) is 0. The second-order valence-electron chi connectivity index (χ2n) is 1.33. The maximum absolute atomic E-state index is 9.69. The van der Waals surface area contributed by atoms with Gasteiger partial charge in [-0.3, -0.25) is 0 Å². The molecule has 0 saturated heterocycles. The Labute approximate surface area is 40.9 Å². The van der Waals surface area contributed by atoms with Crippen molar-refractivity contribution < 1.29 is 15.2 Å². The first-order valence-corrected chi connectivity index (χ1v) is 1.94. The van der Waals surface area contributed by atoms with Crippen molar-refractivity contribution in [3.8, 4) is 0 Å². The molecule has 0 aliphatic rings. The molecule has 7 heavy (non-hydrogen) atoms. The molecule has 2 N–H and O–H groups in total. The van der Waals surface area contributed by atoms with Crippen molar-refractivity contribution in [1.29, 1.82) is 0 Å². The van der Waals surface area contributed by atoms with Crippen LogP contribution in [0.25, 0.3) is 0 Å². The van der Waals surface area contributed by atoms with Crippen LogP contribution in [0.3, 0.4) is 0 Å². The van der Waals surface area contributed by atoms with Gasteiger partial charge >= 0.3 is 0 Å². The third-order valence-corrected chi connectivity index (χ3v) is 0.641. The SMILES string of the molecule is CC(CO)[N+](=O)O. The minimum atomic E-state index is -0.708. The Bertz CT molecular complexity index is 72.6. The highest BCUT2D eigenvalue weighted by Crippen LogP contribution is 1.80. The Morgan fingerprint density at radius 1 is 1.86 bits per heavy atom. The van der Waals surface area contributed by atoms with Crippen molar-refractivity contribution >= 4 is 0 Å². The first-order valence-electron chi connectivity index (χ1n) is 1.94. The summed E-state index contributed by atoms with van der Waals surface area (Å²) in [5, 5.41) is 16.0. The van der Waals surface area contributed by atoms with Crippen LogP contribution in [-0.2, 0) is 0 Å². The summed E-state index contributed by atoms with van der Waals surface area (Å²) in [7, 11) is 0. The number of hydrogen-bond donors (Lipinski definition) is 2. The Morgan fingerprint density at radius 3 is 2.29 bits per heavy atom. The average molecular weight is 106 g/mol. The first kappa shape index (κ1) is 6.36. The smallest absolute Gasteiger partial charge is 0.277 e. The predicted octanol–water partition coefficient (Wildman–Crippen LogP) is -0.465. The van der Waals surface area contributed by atoms with E-state index in [0.29, 0.717) is 0 Å². The fraction of sp³-hybridized carbons (Fsp3) is 1.00. The second-order valence-corrected chi connectivity index (χ2v) is 1.33. The van der Waals surface area contributed by atoms with Gasteiger partial charge in [0, 0.05) is 6.92 Å². The molecule has 4 heteroatoms. The van der Waals surface area contributed by atoms with Crippen molar-refractivity contribution in [3.05, 3.63) is 4.91 Å². The van der Waals surface area contributed by atoms with Gasteiger partial charge in [0.05, 0.1) is 4.91 Å². The van der Waals surface area contributed by atoms with E-state index in [4.69, 9.17) is 10.3 Å². The molecular weight excluding hydrogens is 98.0 g/mol. The van der Waals surface area contributed by atoms with Gasteiger partial charge in [-0.1, -0.05) is 0 Å². The first-order chi connectivity index (χ1) is 3.18. The fourth-order valence-electron chi connectivity index (χ4n) is 0.0698. The van der Waals surface area contributed by atoms with Crippen LogP contribution < -0.4 is 0 Å². The molecule has 0 saturated carbocycles. The predicted molar refractivity (Wildman–Crippen MR) is 22.0 cm³/mol. The summed E-state index contributed by atoms with van der Waals surface area (Å²) in [6.07, 6.45) is 0. The second kappa shape index (κ2) is 2.52. The largest absolute Gasteiger partial charge is 0.389 e. The Morgan fingerprint density at radius 2 is 2.29 bits per heavy atom. The topological polar surface area (TPSA) is 60.5 Å². The number of aliphatic hydroxyl groups excluding tert-OH is 1. The molecule has 0 aromatic heterocycles. The van der Waals surface area contributed by atoms with Crippen LogP contribution in [0.1, 0.15) is 6.92 Å². The van der Waals surface area contributed by atoms with Crippen molar-refractivity contribution in [3.63, 3.8) is 0 Å². The zero-order chi connectivity index (χ0) is 5.86. The van der Waals surface area contributed by atoms with E-state index < -0.39 is 6.04 Å². The van der Waals surface area contributed by atoms with Gasteiger partial charge in [0.2, 0.25) is 4.92 Å². The van der Waals surface area contributed by atoms with E-state index in [2.05, 4.69) is 0 Å². The van der Waals surface area contributed by atoms with Crippen LogP contribution >= 0.6 is 0 Å². The van der Waals surface area contributed by atoms with Crippen LogP contribution in [-0.4, -0.2) is 27.9 Å². The molecule has 0 fully saturated rings. The highest BCUT2D eigenvalue weighted by Gasteiger charge is 2.15. The van der Waals surface area contributed by atoms with Crippen molar-refractivity contribution in [2.24, 2.45) is 0 Å². The van der Waals surface area contributed by atoms with E-state index in [1.807, 2.05) is 0 Å². The molecule has 0 aliphatic carbocycles. The van der Waals surface area contributed by atoms with Gasteiger partial charge in [-0.05, 0) is 0 Å². The van der Waals surface area contributed by atoms with Gasteiger partial charge in [0.25, 0.3) is 6.04 Å². The van der Waals surface area contributed by atoms with Gasteiger partial charge in [-0.15, -0.1) is 0 Å². The van der Waals surface area contributed by atoms with E-state index in [0.717, 1.165) is 0 Å². The molecule has 0 bridgehead atoms. The monoisotopic (exact) mass is 106 g/mol. The Hall–Kier alpha value is -0.640. The molecule has 0 aromatic rings. The van der Waals surface area contributed by atoms with Crippen molar-refractivity contribution in [1.82, 2.24) is 0 Å². The van der Waals surface area contributed by atoms with Gasteiger partial charge in [-0.25, -0.2) is 5.21 Å². The molecule has 1 unspecified atom stereocenters. The van der Waals surface area contributed by atoms with E-state index in [9.17, 15) is 4.91 Å². The fourth-order valence-corrected chi connectivity index (χ4v) is 0.0698. The molecule has 0 spiro atoms. The zero-order valence-corrected chi connectivity index (χ0v) is 4.03. The summed E-state index contributed by atoms with van der Waals surface area (Å²) in [5.41, 5.74) is 0. The highest BCUT2D eigenvalue weighted by atomic mass is 16.6. The molecule has 0 aromatic carbocycles. The molecule has 0 radical (unpaired) electrons. The zero-order valence-electron chi connectivity index (χ0n) is 4.03. The van der Waals surface area contributed by atoms with Gasteiger partial charge in [0.1, 0.15) is 6.61 Å². The minimum absolute atomic E-state index is 0.278. The minimum Gasteiger partial charge on any atom is -0.389 e. The van der Waals surface area contributed by atoms with Gasteiger partial charge in [-0.2, -0.15) is 0 Å². The van der Waals surface area contributed by atoms with Gasteiger partial charge in [0.15, 0.2) is 0 Å². The molecule has 1 atom stereocenters. The molecule has 0 rings (SSSR count). The van der Waals surface area contributed by atoms with Crippen LogP contribution in [0, 0.1) is 4.91 Å². The van der Waals surface area contributed by atoms with Gasteiger partial charge < -0.3 is 5.11 Å².